The Labute approximate surface area is 106 Å². The average Bonchev–Trinajstić information content (AvgIpc) is 2.60. The minimum Gasteiger partial charge on any atom is -0.317 e. The van der Waals surface area contributed by atoms with Gasteiger partial charge in [-0.25, -0.2) is 0 Å². The van der Waals surface area contributed by atoms with Crippen molar-refractivity contribution in [1.29, 1.82) is 0 Å². The highest BCUT2D eigenvalue weighted by molar-refractivity contribution is 5.24. The Balaban J connectivity index is 2.59. The smallest absolute Gasteiger partial charge is 0.0628 e. The van der Waals surface area contributed by atoms with Crippen molar-refractivity contribution in [2.45, 2.75) is 59.9 Å². The zero-order valence-electron chi connectivity index (χ0n) is 12.0. The van der Waals surface area contributed by atoms with E-state index in [0.29, 0.717) is 6.04 Å². The standard InChI is InChI=1S/C14H27N3/c1-6-14-12(4)16-17(13(14)5)11(3)9-8-10-15-7-2/h11,15H,6-10H2,1-5H3. The van der Waals surface area contributed by atoms with Gasteiger partial charge in [-0.05, 0) is 58.7 Å². The predicted molar refractivity (Wildman–Crippen MR) is 73.6 cm³/mol. The molecule has 0 aromatic carbocycles. The molecule has 0 amide bonds. The third kappa shape index (κ3) is 3.56. The Bertz CT molecular complexity index is 341. The molecule has 0 radical (unpaired) electrons. The molecule has 0 bridgehead atoms. The lowest BCUT2D eigenvalue weighted by Gasteiger charge is -2.14. The van der Waals surface area contributed by atoms with Gasteiger partial charge in [-0.1, -0.05) is 13.8 Å². The number of aromatic nitrogens is 2. The molecule has 98 valence electrons. The molecule has 0 aliphatic rings. The molecule has 0 aliphatic heterocycles. The summed E-state index contributed by atoms with van der Waals surface area (Å²) >= 11 is 0. The summed E-state index contributed by atoms with van der Waals surface area (Å²) in [5.74, 6) is 0. The zero-order chi connectivity index (χ0) is 12.8. The number of rotatable bonds is 7. The van der Waals surface area contributed by atoms with Crippen molar-refractivity contribution in [3.8, 4) is 0 Å². The molecule has 1 N–H and O–H groups in total. The van der Waals surface area contributed by atoms with Gasteiger partial charge in [0.25, 0.3) is 0 Å². The van der Waals surface area contributed by atoms with Crippen molar-refractivity contribution < 1.29 is 0 Å². The van der Waals surface area contributed by atoms with Gasteiger partial charge < -0.3 is 5.32 Å². The van der Waals surface area contributed by atoms with Crippen LogP contribution in [0.1, 0.15) is 56.6 Å². The summed E-state index contributed by atoms with van der Waals surface area (Å²) in [6, 6.07) is 0.507. The summed E-state index contributed by atoms with van der Waals surface area (Å²) in [5, 5.41) is 8.04. The molecule has 1 rings (SSSR count). The van der Waals surface area contributed by atoms with Crippen molar-refractivity contribution in [3.05, 3.63) is 17.0 Å². The number of aryl methyl sites for hydroxylation is 1. The first-order chi connectivity index (χ1) is 8.11. The van der Waals surface area contributed by atoms with E-state index in [4.69, 9.17) is 0 Å². The van der Waals surface area contributed by atoms with Crippen LogP contribution >= 0.6 is 0 Å². The molecule has 1 aromatic heterocycles. The molecule has 3 nitrogen and oxygen atoms in total. The van der Waals surface area contributed by atoms with Crippen LogP contribution in [0.3, 0.4) is 0 Å². The molecule has 1 atom stereocenters. The monoisotopic (exact) mass is 237 g/mol. The van der Waals surface area contributed by atoms with Crippen molar-refractivity contribution in [2.24, 2.45) is 0 Å². The van der Waals surface area contributed by atoms with Gasteiger partial charge in [-0.3, -0.25) is 4.68 Å². The van der Waals surface area contributed by atoms with Gasteiger partial charge in [0.05, 0.1) is 5.69 Å². The van der Waals surface area contributed by atoms with Crippen LogP contribution in [0.4, 0.5) is 0 Å². The fourth-order valence-electron chi connectivity index (χ4n) is 2.46. The second kappa shape index (κ2) is 6.80. The zero-order valence-corrected chi connectivity index (χ0v) is 12.0. The van der Waals surface area contributed by atoms with E-state index >= 15 is 0 Å². The molecular weight excluding hydrogens is 210 g/mol. The maximum absolute atomic E-state index is 4.68. The molecule has 1 heterocycles. The summed E-state index contributed by atoms with van der Waals surface area (Å²) in [6.07, 6.45) is 3.49. The molecule has 0 spiro atoms. The van der Waals surface area contributed by atoms with Gasteiger partial charge >= 0.3 is 0 Å². The van der Waals surface area contributed by atoms with Gasteiger partial charge in [-0.15, -0.1) is 0 Å². The highest BCUT2D eigenvalue weighted by atomic mass is 15.3. The van der Waals surface area contributed by atoms with Crippen LogP contribution in [-0.2, 0) is 6.42 Å². The van der Waals surface area contributed by atoms with Crippen molar-refractivity contribution in [1.82, 2.24) is 15.1 Å². The highest BCUT2D eigenvalue weighted by Gasteiger charge is 2.13. The fourth-order valence-corrected chi connectivity index (χ4v) is 2.46. The fraction of sp³-hybridized carbons (Fsp3) is 0.786. The minimum atomic E-state index is 0.507. The third-order valence-electron chi connectivity index (χ3n) is 3.47. The first-order valence-electron chi connectivity index (χ1n) is 6.87. The van der Waals surface area contributed by atoms with E-state index in [1.54, 1.807) is 0 Å². The normalized spacial score (nSPS) is 13.0. The summed E-state index contributed by atoms with van der Waals surface area (Å²) in [6.45, 7) is 13.1. The van der Waals surface area contributed by atoms with Crippen LogP contribution in [0, 0.1) is 13.8 Å². The Morgan fingerprint density at radius 2 is 2.00 bits per heavy atom. The van der Waals surface area contributed by atoms with Crippen molar-refractivity contribution >= 4 is 0 Å². The first-order valence-corrected chi connectivity index (χ1v) is 6.87. The van der Waals surface area contributed by atoms with Gasteiger partial charge in [0.2, 0.25) is 0 Å². The topological polar surface area (TPSA) is 29.9 Å². The van der Waals surface area contributed by atoms with Crippen LogP contribution in [0.5, 0.6) is 0 Å². The Hall–Kier alpha value is -0.830. The lowest BCUT2D eigenvalue weighted by atomic mass is 10.1. The molecule has 1 aromatic rings. The Morgan fingerprint density at radius 1 is 1.29 bits per heavy atom. The minimum absolute atomic E-state index is 0.507. The van der Waals surface area contributed by atoms with E-state index < -0.39 is 0 Å². The van der Waals surface area contributed by atoms with Gasteiger partial charge in [-0.2, -0.15) is 5.10 Å². The number of nitrogens with one attached hydrogen (secondary N) is 1. The molecule has 1 unspecified atom stereocenters. The highest BCUT2D eigenvalue weighted by Crippen LogP contribution is 2.20. The summed E-state index contributed by atoms with van der Waals surface area (Å²) in [5.41, 5.74) is 3.97. The quantitative estimate of drug-likeness (QED) is 0.739. The maximum atomic E-state index is 4.68. The molecule has 17 heavy (non-hydrogen) atoms. The Morgan fingerprint density at radius 3 is 2.53 bits per heavy atom. The van der Waals surface area contributed by atoms with Crippen LogP contribution in [0.25, 0.3) is 0 Å². The predicted octanol–water partition coefficient (Wildman–Crippen LogP) is 3.01. The van der Waals surface area contributed by atoms with E-state index in [-0.39, 0.29) is 0 Å². The molecule has 3 heteroatoms. The largest absolute Gasteiger partial charge is 0.317 e. The summed E-state index contributed by atoms with van der Waals surface area (Å²) in [7, 11) is 0. The number of hydrogen-bond acceptors (Lipinski definition) is 2. The van der Waals surface area contributed by atoms with Crippen LogP contribution in [0.15, 0.2) is 0 Å². The molecule has 0 saturated carbocycles. The molecule has 0 fully saturated rings. The number of hydrogen-bond donors (Lipinski definition) is 1. The van der Waals surface area contributed by atoms with Gasteiger partial charge in [0, 0.05) is 11.7 Å². The first kappa shape index (κ1) is 14.2. The molecular formula is C14H27N3. The van der Waals surface area contributed by atoms with E-state index in [0.717, 1.165) is 19.5 Å². The van der Waals surface area contributed by atoms with Gasteiger partial charge in [0.1, 0.15) is 0 Å². The van der Waals surface area contributed by atoms with E-state index in [9.17, 15) is 0 Å². The molecule has 0 aliphatic carbocycles. The van der Waals surface area contributed by atoms with E-state index in [2.05, 4.69) is 49.7 Å². The summed E-state index contributed by atoms with van der Waals surface area (Å²) in [4.78, 5) is 0. The lowest BCUT2D eigenvalue weighted by molar-refractivity contribution is 0.430. The van der Waals surface area contributed by atoms with Crippen molar-refractivity contribution in [2.75, 3.05) is 13.1 Å². The average molecular weight is 237 g/mol. The molecule has 0 saturated heterocycles. The second-order valence-electron chi connectivity index (χ2n) is 4.79. The van der Waals surface area contributed by atoms with Crippen LogP contribution < -0.4 is 5.32 Å². The SMILES string of the molecule is CCNCCCC(C)n1nc(C)c(CC)c1C. The summed E-state index contributed by atoms with van der Waals surface area (Å²) < 4.78 is 2.21. The third-order valence-corrected chi connectivity index (χ3v) is 3.47. The second-order valence-corrected chi connectivity index (χ2v) is 4.79. The lowest BCUT2D eigenvalue weighted by Crippen LogP contribution is -2.16. The maximum Gasteiger partial charge on any atom is 0.0628 e. The number of nitrogens with zero attached hydrogens (tertiary/aromatic N) is 2. The van der Waals surface area contributed by atoms with Crippen LogP contribution in [-0.4, -0.2) is 22.9 Å². The van der Waals surface area contributed by atoms with E-state index in [1.807, 2.05) is 0 Å². The van der Waals surface area contributed by atoms with Crippen LogP contribution in [0.2, 0.25) is 0 Å². The van der Waals surface area contributed by atoms with Gasteiger partial charge in [0.15, 0.2) is 0 Å². The Kier molecular flexibility index (Phi) is 5.69. The van der Waals surface area contributed by atoms with Crippen molar-refractivity contribution in [3.63, 3.8) is 0 Å². The van der Waals surface area contributed by atoms with E-state index in [1.165, 1.54) is 29.8 Å².